The Labute approximate surface area is 55.8 Å². The van der Waals surface area contributed by atoms with Crippen molar-refractivity contribution >= 4 is 5.91 Å². The fraction of sp³-hybridized carbons (Fsp3) is 0.714. The third-order valence-corrected chi connectivity index (χ3v) is 1.57. The van der Waals surface area contributed by atoms with Gasteiger partial charge in [-0.1, -0.05) is 6.92 Å². The summed E-state index contributed by atoms with van der Waals surface area (Å²) >= 11 is 0. The Hall–Kier alpha value is -0.530. The predicted octanol–water partition coefficient (Wildman–Crippen LogP) is 0.833. The molecular weight excluding hydrogens is 114 g/mol. The molecule has 1 fully saturated rings. The fourth-order valence-corrected chi connectivity index (χ4v) is 1.12. The number of nitrogens with zero attached hydrogens (tertiary/aromatic N) is 1. The molecule has 9 heavy (non-hydrogen) atoms. The molecule has 1 heterocycles. The summed E-state index contributed by atoms with van der Waals surface area (Å²) in [6, 6.07) is 0. The van der Waals surface area contributed by atoms with Gasteiger partial charge in [-0.2, -0.15) is 0 Å². The zero-order chi connectivity index (χ0) is 6.69. The van der Waals surface area contributed by atoms with Crippen LogP contribution in [0.5, 0.6) is 0 Å². The van der Waals surface area contributed by atoms with Crippen LogP contribution in [0.3, 0.4) is 0 Å². The molecule has 0 atom stereocenters. The van der Waals surface area contributed by atoms with Crippen molar-refractivity contribution in [1.29, 1.82) is 0 Å². The van der Waals surface area contributed by atoms with Crippen LogP contribution in [-0.2, 0) is 4.79 Å². The highest BCUT2D eigenvalue weighted by Gasteiger charge is 2.18. The van der Waals surface area contributed by atoms with Crippen LogP contribution in [0.15, 0.2) is 0 Å². The van der Waals surface area contributed by atoms with Crippen LogP contribution in [-0.4, -0.2) is 23.9 Å². The minimum atomic E-state index is 0.313. The van der Waals surface area contributed by atoms with E-state index in [2.05, 4.69) is 0 Å². The molecule has 1 rings (SSSR count). The van der Waals surface area contributed by atoms with Crippen molar-refractivity contribution in [3.05, 3.63) is 6.42 Å². The lowest BCUT2D eigenvalue weighted by atomic mass is 10.4. The van der Waals surface area contributed by atoms with Gasteiger partial charge in [0, 0.05) is 19.5 Å². The first-order chi connectivity index (χ1) is 4.34. The molecule has 0 aliphatic carbocycles. The molecule has 0 aromatic rings. The molecular formula is C7H12NO. The van der Waals surface area contributed by atoms with Crippen LogP contribution in [0, 0.1) is 6.42 Å². The molecule has 0 spiro atoms. The highest BCUT2D eigenvalue weighted by Crippen LogP contribution is 2.08. The molecule has 0 N–H and O–H groups in total. The standard InChI is InChI=1S/C7H12NO/c1-2-5-8-6-3-4-7(8)9/h2H,3-6H2,1H3. The summed E-state index contributed by atoms with van der Waals surface area (Å²) in [5.41, 5.74) is 0. The molecule has 1 aliphatic heterocycles. The summed E-state index contributed by atoms with van der Waals surface area (Å²) in [5, 5.41) is 0. The van der Waals surface area contributed by atoms with Gasteiger partial charge in [-0.15, -0.1) is 0 Å². The Morgan fingerprint density at radius 1 is 1.78 bits per heavy atom. The summed E-state index contributed by atoms with van der Waals surface area (Å²) in [6.07, 6.45) is 3.82. The summed E-state index contributed by atoms with van der Waals surface area (Å²) in [7, 11) is 0. The SMILES string of the molecule is C[CH]CN1CCCC1=O. The minimum absolute atomic E-state index is 0.313. The van der Waals surface area contributed by atoms with Crippen molar-refractivity contribution in [1.82, 2.24) is 4.90 Å². The summed E-state index contributed by atoms with van der Waals surface area (Å²) in [5.74, 6) is 0.313. The fourth-order valence-electron chi connectivity index (χ4n) is 1.12. The van der Waals surface area contributed by atoms with Crippen LogP contribution in [0.2, 0.25) is 0 Å². The van der Waals surface area contributed by atoms with E-state index in [1.807, 2.05) is 18.2 Å². The Morgan fingerprint density at radius 3 is 3.00 bits per heavy atom. The molecule has 2 heteroatoms. The van der Waals surface area contributed by atoms with Gasteiger partial charge < -0.3 is 4.90 Å². The van der Waals surface area contributed by atoms with Crippen LogP contribution in [0.25, 0.3) is 0 Å². The van der Waals surface area contributed by atoms with E-state index >= 15 is 0 Å². The Morgan fingerprint density at radius 2 is 2.56 bits per heavy atom. The van der Waals surface area contributed by atoms with E-state index in [-0.39, 0.29) is 0 Å². The van der Waals surface area contributed by atoms with E-state index in [9.17, 15) is 4.79 Å². The summed E-state index contributed by atoms with van der Waals surface area (Å²) in [4.78, 5) is 12.8. The van der Waals surface area contributed by atoms with E-state index in [0.29, 0.717) is 5.91 Å². The average Bonchev–Trinajstić information content (AvgIpc) is 2.18. The third kappa shape index (κ3) is 1.44. The van der Waals surface area contributed by atoms with Crippen LogP contribution >= 0.6 is 0 Å². The van der Waals surface area contributed by atoms with Crippen molar-refractivity contribution in [3.8, 4) is 0 Å². The van der Waals surface area contributed by atoms with Crippen molar-refractivity contribution in [2.45, 2.75) is 19.8 Å². The van der Waals surface area contributed by atoms with E-state index in [1.165, 1.54) is 0 Å². The van der Waals surface area contributed by atoms with E-state index < -0.39 is 0 Å². The minimum Gasteiger partial charge on any atom is -0.342 e. The summed E-state index contributed by atoms with van der Waals surface area (Å²) in [6.45, 7) is 3.77. The van der Waals surface area contributed by atoms with E-state index in [0.717, 1.165) is 25.9 Å². The van der Waals surface area contributed by atoms with Crippen LogP contribution in [0.4, 0.5) is 0 Å². The summed E-state index contributed by atoms with van der Waals surface area (Å²) < 4.78 is 0. The first kappa shape index (κ1) is 6.59. The van der Waals surface area contributed by atoms with Crippen molar-refractivity contribution < 1.29 is 4.79 Å². The third-order valence-electron chi connectivity index (χ3n) is 1.57. The number of likely N-dealkylation sites (tertiary alicyclic amines) is 1. The van der Waals surface area contributed by atoms with Gasteiger partial charge in [-0.3, -0.25) is 4.79 Å². The molecule has 1 radical (unpaired) electrons. The van der Waals surface area contributed by atoms with E-state index in [4.69, 9.17) is 0 Å². The van der Waals surface area contributed by atoms with Gasteiger partial charge in [0.15, 0.2) is 0 Å². The lowest BCUT2D eigenvalue weighted by Crippen LogP contribution is -2.25. The first-order valence-electron chi connectivity index (χ1n) is 3.40. The van der Waals surface area contributed by atoms with Crippen molar-refractivity contribution in [2.75, 3.05) is 13.1 Å². The number of carbonyl (C=O) groups excluding carboxylic acids is 1. The number of hydrogen-bond acceptors (Lipinski definition) is 1. The number of amides is 1. The zero-order valence-corrected chi connectivity index (χ0v) is 5.76. The van der Waals surface area contributed by atoms with Crippen LogP contribution < -0.4 is 0 Å². The molecule has 51 valence electrons. The first-order valence-corrected chi connectivity index (χ1v) is 3.40. The highest BCUT2D eigenvalue weighted by atomic mass is 16.2. The zero-order valence-electron chi connectivity index (χ0n) is 5.76. The van der Waals surface area contributed by atoms with Gasteiger partial charge in [-0.25, -0.2) is 0 Å². The maximum absolute atomic E-state index is 10.9. The van der Waals surface area contributed by atoms with Gasteiger partial charge in [0.2, 0.25) is 5.91 Å². The maximum atomic E-state index is 10.9. The number of carbonyl (C=O) groups is 1. The number of rotatable bonds is 2. The Bertz CT molecular complexity index is 111. The smallest absolute Gasteiger partial charge is 0.222 e. The maximum Gasteiger partial charge on any atom is 0.222 e. The lowest BCUT2D eigenvalue weighted by molar-refractivity contribution is -0.127. The topological polar surface area (TPSA) is 20.3 Å². The molecule has 0 aromatic heterocycles. The number of hydrogen-bond donors (Lipinski definition) is 0. The lowest BCUT2D eigenvalue weighted by Gasteiger charge is -2.12. The van der Waals surface area contributed by atoms with Crippen LogP contribution in [0.1, 0.15) is 19.8 Å². The molecule has 1 amide bonds. The van der Waals surface area contributed by atoms with Gasteiger partial charge >= 0.3 is 0 Å². The molecule has 2 nitrogen and oxygen atoms in total. The molecule has 0 aromatic carbocycles. The second kappa shape index (κ2) is 2.85. The predicted molar refractivity (Wildman–Crippen MR) is 35.8 cm³/mol. The second-order valence-corrected chi connectivity index (χ2v) is 2.35. The van der Waals surface area contributed by atoms with Gasteiger partial charge in [0.1, 0.15) is 0 Å². The largest absolute Gasteiger partial charge is 0.342 e. The Balaban J connectivity index is 2.31. The molecule has 0 unspecified atom stereocenters. The monoisotopic (exact) mass is 126 g/mol. The Kier molecular flexibility index (Phi) is 2.09. The molecule has 0 saturated carbocycles. The quantitative estimate of drug-likeness (QED) is 0.536. The molecule has 1 aliphatic rings. The van der Waals surface area contributed by atoms with Crippen molar-refractivity contribution in [3.63, 3.8) is 0 Å². The molecule has 0 bridgehead atoms. The average molecular weight is 126 g/mol. The van der Waals surface area contributed by atoms with Gasteiger partial charge in [0.05, 0.1) is 0 Å². The van der Waals surface area contributed by atoms with Gasteiger partial charge in [0.25, 0.3) is 0 Å². The van der Waals surface area contributed by atoms with Gasteiger partial charge in [-0.05, 0) is 12.8 Å². The second-order valence-electron chi connectivity index (χ2n) is 2.35. The van der Waals surface area contributed by atoms with E-state index in [1.54, 1.807) is 0 Å². The molecule has 1 saturated heterocycles. The van der Waals surface area contributed by atoms with Crippen molar-refractivity contribution in [2.24, 2.45) is 0 Å². The normalized spacial score (nSPS) is 19.2. The highest BCUT2D eigenvalue weighted by molar-refractivity contribution is 5.78.